The van der Waals surface area contributed by atoms with E-state index in [-0.39, 0.29) is 69.4 Å². The van der Waals surface area contributed by atoms with Gasteiger partial charge in [0, 0.05) is 165 Å². The zero-order valence-corrected chi connectivity index (χ0v) is 59.2. The van der Waals surface area contributed by atoms with E-state index in [1.54, 1.807) is 42.7 Å². The molecule has 6 aliphatic heterocycles. The number of H-pyrrole nitrogens is 6. The van der Waals surface area contributed by atoms with Gasteiger partial charge >= 0.3 is 18.0 Å². The summed E-state index contributed by atoms with van der Waals surface area (Å²) in [5, 5.41) is 24.8. The highest BCUT2D eigenvalue weighted by Crippen LogP contribution is 2.44. The number of nitrogens with one attached hydrogen (secondary N) is 7. The predicted octanol–water partition coefficient (Wildman–Crippen LogP) is 11.4. The fourth-order valence-corrected chi connectivity index (χ4v) is 16.5. The van der Waals surface area contributed by atoms with Gasteiger partial charge in [-0.25, -0.2) is 23.2 Å². The lowest BCUT2D eigenvalue weighted by Crippen LogP contribution is -2.33. The molecule has 0 saturated heterocycles. The van der Waals surface area contributed by atoms with Gasteiger partial charge in [-0.05, 0) is 200 Å². The maximum Gasteiger partial charge on any atom is 0.360 e. The van der Waals surface area contributed by atoms with Crippen molar-refractivity contribution in [1.29, 1.82) is 0 Å². The van der Waals surface area contributed by atoms with Crippen molar-refractivity contribution in [2.24, 2.45) is 17.2 Å². The van der Waals surface area contributed by atoms with Crippen molar-refractivity contribution >= 4 is 147 Å². The Balaban J connectivity index is 0.000000167. The maximum absolute atomic E-state index is 14.2. The lowest BCUT2D eigenvalue weighted by molar-refractivity contribution is 0.0711. The average Bonchev–Trinajstić information content (AvgIpc) is 1.60. The van der Waals surface area contributed by atoms with E-state index in [1.807, 2.05) is 84.9 Å². The van der Waals surface area contributed by atoms with E-state index in [1.165, 1.54) is 11.0 Å². The third-order valence-corrected chi connectivity index (χ3v) is 21.7. The minimum absolute atomic E-state index is 0. The third-order valence-electron chi connectivity index (χ3n) is 21.7. The minimum Gasteiger partial charge on any atom is -0.415 e. The Hall–Kier alpha value is -13.3. The molecule has 113 heavy (non-hydrogen) atoms. The fraction of sp³-hybridized carbons (Fsp3) is 0.244. The third kappa shape index (κ3) is 12.7. The molecule has 0 radical (unpaired) electrons. The monoisotopic (exact) mass is 1540 g/mol. The molecule has 31 heteroatoms. The Morgan fingerprint density at radius 1 is 0.381 bits per heavy atom. The largest absolute Gasteiger partial charge is 0.415 e. The van der Waals surface area contributed by atoms with Crippen LogP contribution in [0, 0.1) is 23.3 Å². The first-order chi connectivity index (χ1) is 53.7. The van der Waals surface area contributed by atoms with Crippen LogP contribution in [0.3, 0.4) is 0 Å². The van der Waals surface area contributed by atoms with Gasteiger partial charge in [0.05, 0.1) is 0 Å². The second-order valence-electron chi connectivity index (χ2n) is 27.9. The van der Waals surface area contributed by atoms with Gasteiger partial charge in [-0.1, -0.05) is 14.9 Å². The molecule has 12 heterocycles. The van der Waals surface area contributed by atoms with E-state index in [0.717, 1.165) is 123 Å². The van der Waals surface area contributed by atoms with Crippen LogP contribution >= 0.6 is 0 Å². The van der Waals surface area contributed by atoms with Crippen molar-refractivity contribution in [3.8, 4) is 5.75 Å². The van der Waals surface area contributed by atoms with Crippen LogP contribution in [-0.4, -0.2) is 153 Å². The molecule has 19 rings (SSSR count). The number of halogens is 4. The van der Waals surface area contributed by atoms with Gasteiger partial charge in [0.1, 0.15) is 34.2 Å². The van der Waals surface area contributed by atoms with E-state index in [4.69, 9.17) is 32.2 Å². The summed E-state index contributed by atoms with van der Waals surface area (Å²) in [5.41, 5.74) is 32.7. The number of carbonyl (C=O) groups is 8. The van der Waals surface area contributed by atoms with Crippen LogP contribution in [-0.2, 0) is 38.5 Å². The maximum atomic E-state index is 14.2. The quantitative estimate of drug-likeness (QED) is 0.0179. The summed E-state index contributed by atoms with van der Waals surface area (Å²) in [6.07, 6.45) is 4.83. The first kappa shape index (κ1) is 75.2. The topological polar surface area (TPSA) is 391 Å². The Labute approximate surface area is 640 Å². The molecule has 580 valence electrons. The number of rotatable bonds is 12. The minimum atomic E-state index is -1.84. The molecule has 0 saturated carbocycles. The summed E-state index contributed by atoms with van der Waals surface area (Å²) < 4.78 is 60.4. The Morgan fingerprint density at radius 2 is 0.646 bits per heavy atom. The molecule has 9 amide bonds. The van der Waals surface area contributed by atoms with Crippen LogP contribution in [0.4, 0.5) is 61.3 Å². The molecule has 0 atom stereocenters. The summed E-state index contributed by atoms with van der Waals surface area (Å²) in [4.78, 5) is 134. The second kappa shape index (κ2) is 29.5. The number of aliphatic hydroxyl groups excluding tert-OH is 2. The highest BCUT2D eigenvalue weighted by atomic mass is 19.2. The van der Waals surface area contributed by atoms with Gasteiger partial charge in [-0.2, -0.15) is 8.78 Å². The number of nitrogens with two attached hydrogens (primary N) is 3. The van der Waals surface area contributed by atoms with Crippen molar-refractivity contribution in [1.82, 2.24) is 35.2 Å². The molecule has 6 aliphatic rings. The predicted molar refractivity (Wildman–Crippen MR) is 422 cm³/mol. The Morgan fingerprint density at radius 3 is 0.929 bits per heavy atom. The number of anilines is 6. The van der Waals surface area contributed by atoms with Crippen LogP contribution in [0.1, 0.15) is 124 Å². The van der Waals surface area contributed by atoms with E-state index in [0.29, 0.717) is 142 Å². The zero-order valence-electron chi connectivity index (χ0n) is 59.2. The van der Waals surface area contributed by atoms with Gasteiger partial charge in [0.2, 0.25) is 17.4 Å². The number of hydrogen-bond acceptors (Lipinski definition) is 12. The number of nitrogens with zero attached hydrogens (tertiary/aromatic N) is 6. The summed E-state index contributed by atoms with van der Waals surface area (Å²) >= 11 is 0. The smallest absolute Gasteiger partial charge is 0.360 e. The first-order valence-electron chi connectivity index (χ1n) is 36.2. The van der Waals surface area contributed by atoms with Crippen molar-refractivity contribution in [2.75, 3.05) is 95.0 Å². The van der Waals surface area contributed by atoms with Crippen molar-refractivity contribution < 1.29 is 70.9 Å². The SMILES string of the molecule is C.C.NC(=O)N1CCc2c1ccc1[nH]c(C(=O)N3CCc4c3ccc3[nH]c(C(=O)N5CCc6c5ccc5[nH]c(C(=O)NCCCO)cc65)cc43)cc21.NC(=O)N1CCc2c1ccc1[nH]c(C(=O)N3CCc4c3ccc3[nH]c(C(=O)N5CCc6c5ccc5[nH]c(C(=O)Oc7c(F)c(F)cc(F)c7F)cc65)cc43)cc21.NCCCO. The summed E-state index contributed by atoms with van der Waals surface area (Å²) in [5.74, 6) is -10.9. The van der Waals surface area contributed by atoms with E-state index >= 15 is 0 Å². The molecule has 27 nitrogen and oxygen atoms in total. The first-order valence-corrected chi connectivity index (χ1v) is 36.2. The van der Waals surface area contributed by atoms with Crippen LogP contribution in [0.25, 0.3) is 65.4 Å². The Kier molecular flexibility index (Phi) is 19.6. The summed E-state index contributed by atoms with van der Waals surface area (Å²) in [7, 11) is 0. The fourth-order valence-electron chi connectivity index (χ4n) is 16.5. The molecule has 0 aliphatic carbocycles. The van der Waals surface area contributed by atoms with Crippen LogP contribution in [0.15, 0.2) is 115 Å². The molecular formula is C82H78F4N16O11. The number of ether oxygens (including phenoxy) is 1. The molecule has 6 aromatic heterocycles. The molecule has 7 aromatic carbocycles. The van der Waals surface area contributed by atoms with Crippen molar-refractivity contribution in [2.45, 2.75) is 66.2 Å². The number of aromatic nitrogens is 6. The zero-order chi connectivity index (χ0) is 77.1. The molecule has 0 spiro atoms. The van der Waals surface area contributed by atoms with Gasteiger partial charge < -0.3 is 87.0 Å². The Bertz CT molecular complexity index is 6140. The number of fused-ring (bicyclic) bond motifs is 18. The molecule has 0 fully saturated rings. The van der Waals surface area contributed by atoms with E-state index in [2.05, 4.69) is 35.2 Å². The molecule has 15 N–H and O–H groups in total. The average molecular weight is 1540 g/mol. The van der Waals surface area contributed by atoms with E-state index in [9.17, 15) is 55.9 Å². The van der Waals surface area contributed by atoms with Crippen LogP contribution in [0.5, 0.6) is 5.75 Å². The lowest BCUT2D eigenvalue weighted by Gasteiger charge is -2.16. The van der Waals surface area contributed by atoms with Crippen molar-refractivity contribution in [3.05, 3.63) is 206 Å². The van der Waals surface area contributed by atoms with Crippen molar-refractivity contribution in [3.63, 3.8) is 0 Å². The number of carbonyl (C=O) groups excluding carboxylic acids is 8. The number of esters is 1. The number of urea groups is 2. The number of benzene rings is 7. The number of aliphatic hydroxyl groups is 2. The van der Waals surface area contributed by atoms with Gasteiger partial charge in [-0.15, -0.1) is 0 Å². The normalized spacial score (nSPS) is 14.2. The van der Waals surface area contributed by atoms with Gasteiger partial charge in [0.25, 0.3) is 29.5 Å². The number of hydrogen-bond donors (Lipinski definition) is 12. The van der Waals surface area contributed by atoms with Gasteiger partial charge in [0.15, 0.2) is 11.6 Å². The van der Waals surface area contributed by atoms with Gasteiger partial charge in [-0.3, -0.25) is 33.8 Å². The standard InChI is InChI=1S/C40H27F4N7O5.C37H34N8O5.C3H9NO.2CH4/c41-23-16-24(42)35(44)36(34(23)43)56-39(54)30-15-22-18-8-11-50(32(18)5-2-27(22)48-30)37(52)28-13-20-17-7-10-49(31(17)4-1-25(20)46-28)38(53)29-14-21-19-9-12-51(40(45)55)33(19)6-3-26(21)47-29;38-37(50)45-14-10-21-24-18-30(42-27(24)4-7-33(21)45)36(49)44-13-9-20-23-17-29(41-26(23)3-6-32(20)44)35(48)43-12-8-19-22-16-28(34(47)39-11-1-15-46)40-25(22)2-5-31(19)43;4-2-1-3-5;;/h1-6,13-16,46-48H,7-12H2,(H2,45,55);2-7,16-18,40-42,46H,1,8-15H2,(H2,38,50)(H,39,47);5H,1-4H2;2*1H4. The summed E-state index contributed by atoms with van der Waals surface area (Å²) in [6.45, 7) is 4.00. The second-order valence-corrected chi connectivity index (χ2v) is 27.9. The molecular weight excluding hydrogens is 1460 g/mol. The number of amides is 9. The lowest BCUT2D eigenvalue weighted by atomic mass is 10.1. The van der Waals surface area contributed by atoms with E-state index < -0.39 is 47.0 Å². The molecule has 0 unspecified atom stereocenters. The van der Waals surface area contributed by atoms with Crippen LogP contribution < -0.4 is 56.7 Å². The number of aromatic amines is 6. The highest BCUT2D eigenvalue weighted by molar-refractivity contribution is 6.16. The van der Waals surface area contributed by atoms with Crippen LogP contribution in [0.2, 0.25) is 0 Å². The highest BCUT2D eigenvalue weighted by Gasteiger charge is 2.37. The number of primary amides is 2. The molecule has 13 aromatic rings. The molecule has 0 bridgehead atoms. The summed E-state index contributed by atoms with van der Waals surface area (Å²) in [6, 6.07) is 31.7.